The molecule has 0 N–H and O–H groups in total. The fourth-order valence-electron chi connectivity index (χ4n) is 6.72. The molecule has 6 nitrogen and oxygen atoms in total. The Morgan fingerprint density at radius 1 is 0.350 bits per heavy atom. The van der Waals surface area contributed by atoms with Crippen LogP contribution < -0.4 is 0 Å². The summed E-state index contributed by atoms with van der Waals surface area (Å²) in [7, 11) is 0. The topological polar surface area (TPSA) is 78.9 Å². The Hall–Kier alpha value is -3.15. The lowest BCUT2D eigenvalue weighted by Crippen LogP contribution is -2.30. The second-order valence-corrected chi connectivity index (χ2v) is 16.3. The molecule has 344 valence electrons. The van der Waals surface area contributed by atoms with Crippen molar-refractivity contribution in [1.82, 2.24) is 0 Å². The molecule has 0 fully saturated rings. The molecule has 6 heteroatoms. The Morgan fingerprint density at radius 2 is 0.683 bits per heavy atom. The second kappa shape index (κ2) is 48.5. The summed E-state index contributed by atoms with van der Waals surface area (Å²) < 4.78 is 16.6. The number of hydrogen-bond acceptors (Lipinski definition) is 6. The van der Waals surface area contributed by atoms with Crippen molar-refractivity contribution < 1.29 is 28.6 Å². The molecular weight excluding hydrogens is 745 g/mol. The van der Waals surface area contributed by atoms with E-state index in [4.69, 9.17) is 14.2 Å². The maximum Gasteiger partial charge on any atom is 0.306 e. The van der Waals surface area contributed by atoms with Gasteiger partial charge >= 0.3 is 17.9 Å². The summed E-state index contributed by atoms with van der Waals surface area (Å²) in [6.45, 7) is 6.38. The molecule has 0 spiro atoms. The average molecular weight is 837 g/mol. The first kappa shape index (κ1) is 56.9. The quantitative estimate of drug-likeness (QED) is 0.0263. The Balaban J connectivity index is 4.21. The van der Waals surface area contributed by atoms with Crippen molar-refractivity contribution in [1.29, 1.82) is 0 Å². The number of esters is 3. The molecule has 0 saturated heterocycles. The SMILES string of the molecule is CC/C=C\C/C=C\C/C=C\C/C=C\CCC(=O)OC(COC(=O)CCCCCCCC)COC(=O)CCCCCCCCCCCCC/C=C\C/C=C\CCCCCCC. The van der Waals surface area contributed by atoms with Crippen LogP contribution >= 0.6 is 0 Å². The molecule has 0 saturated carbocycles. The van der Waals surface area contributed by atoms with Gasteiger partial charge in [-0.25, -0.2) is 0 Å². The van der Waals surface area contributed by atoms with Gasteiger partial charge in [-0.05, 0) is 77.0 Å². The highest BCUT2D eigenvalue weighted by atomic mass is 16.6. The summed E-state index contributed by atoms with van der Waals surface area (Å²) in [4.78, 5) is 37.6. The molecule has 1 atom stereocenters. The van der Waals surface area contributed by atoms with E-state index in [0.717, 1.165) is 70.6 Å². The first-order valence-corrected chi connectivity index (χ1v) is 24.9. The minimum Gasteiger partial charge on any atom is -0.462 e. The van der Waals surface area contributed by atoms with Gasteiger partial charge in [0.05, 0.1) is 0 Å². The molecule has 0 aromatic heterocycles. The number of ether oxygens (including phenoxy) is 3. The van der Waals surface area contributed by atoms with E-state index in [1.165, 1.54) is 116 Å². The van der Waals surface area contributed by atoms with Crippen LogP contribution in [0.15, 0.2) is 72.9 Å². The van der Waals surface area contributed by atoms with E-state index < -0.39 is 12.1 Å². The summed E-state index contributed by atoms with van der Waals surface area (Å²) in [5, 5.41) is 0. The van der Waals surface area contributed by atoms with E-state index in [-0.39, 0.29) is 31.6 Å². The van der Waals surface area contributed by atoms with Crippen LogP contribution in [0.1, 0.15) is 233 Å². The van der Waals surface area contributed by atoms with Crippen LogP contribution in [-0.4, -0.2) is 37.2 Å². The van der Waals surface area contributed by atoms with E-state index in [1.807, 2.05) is 12.2 Å². The molecule has 0 bridgehead atoms. The molecule has 1 unspecified atom stereocenters. The van der Waals surface area contributed by atoms with Gasteiger partial charge in [0.15, 0.2) is 6.10 Å². The molecule has 0 amide bonds. The maximum atomic E-state index is 12.7. The van der Waals surface area contributed by atoms with Gasteiger partial charge < -0.3 is 14.2 Å². The largest absolute Gasteiger partial charge is 0.462 e. The molecule has 0 radical (unpaired) electrons. The zero-order valence-electron chi connectivity index (χ0n) is 39.2. The molecule has 0 aromatic carbocycles. The van der Waals surface area contributed by atoms with Crippen molar-refractivity contribution in [2.45, 2.75) is 239 Å². The third-order valence-corrected chi connectivity index (χ3v) is 10.5. The maximum absolute atomic E-state index is 12.7. The van der Waals surface area contributed by atoms with Crippen LogP contribution in [0, 0.1) is 0 Å². The predicted molar refractivity (Wildman–Crippen MR) is 256 cm³/mol. The van der Waals surface area contributed by atoms with E-state index >= 15 is 0 Å². The molecule has 0 aliphatic carbocycles. The van der Waals surface area contributed by atoms with Crippen LogP contribution in [-0.2, 0) is 28.6 Å². The standard InChI is InChI=1S/C54H92O6/c1-4-7-10-13-16-18-20-22-23-24-25-26-27-28-29-30-31-33-34-36-38-41-44-47-53(56)59-50-51(49-58-52(55)46-43-40-15-12-9-6-3)60-54(57)48-45-42-39-37-35-32-21-19-17-14-11-8-5-2/h8,11,17,19-20,22,24-25,32,35,39,42,51H,4-7,9-10,12-16,18,21,23,26-31,33-34,36-38,40-41,43-50H2,1-3H3/b11-8-,19-17-,22-20-,25-24-,35-32-,42-39-. The van der Waals surface area contributed by atoms with Crippen LogP contribution in [0.5, 0.6) is 0 Å². The van der Waals surface area contributed by atoms with Gasteiger partial charge in [0.2, 0.25) is 0 Å². The van der Waals surface area contributed by atoms with Gasteiger partial charge in [0.1, 0.15) is 13.2 Å². The summed E-state index contributed by atoms with van der Waals surface area (Å²) in [6, 6.07) is 0. The Morgan fingerprint density at radius 3 is 1.08 bits per heavy atom. The zero-order chi connectivity index (χ0) is 43.7. The van der Waals surface area contributed by atoms with Gasteiger partial charge in [-0.3, -0.25) is 14.4 Å². The minimum absolute atomic E-state index is 0.105. The summed E-state index contributed by atoms with van der Waals surface area (Å²) >= 11 is 0. The zero-order valence-corrected chi connectivity index (χ0v) is 39.2. The molecule has 0 aliphatic heterocycles. The van der Waals surface area contributed by atoms with Crippen LogP contribution in [0.25, 0.3) is 0 Å². The number of unbranched alkanes of at least 4 members (excludes halogenated alkanes) is 21. The van der Waals surface area contributed by atoms with E-state index in [2.05, 4.69) is 81.5 Å². The Kier molecular flexibility index (Phi) is 46.0. The van der Waals surface area contributed by atoms with E-state index in [0.29, 0.717) is 19.3 Å². The molecular formula is C54H92O6. The summed E-state index contributed by atoms with van der Waals surface area (Å²) in [5.41, 5.74) is 0. The summed E-state index contributed by atoms with van der Waals surface area (Å²) in [5.74, 6) is -1.00. The van der Waals surface area contributed by atoms with Crippen molar-refractivity contribution >= 4 is 17.9 Å². The third kappa shape index (κ3) is 45.9. The number of carbonyl (C=O) groups is 3. The lowest BCUT2D eigenvalue weighted by Gasteiger charge is -2.18. The fraction of sp³-hybridized carbons (Fsp3) is 0.722. The van der Waals surface area contributed by atoms with Gasteiger partial charge in [-0.15, -0.1) is 0 Å². The monoisotopic (exact) mass is 837 g/mol. The highest BCUT2D eigenvalue weighted by molar-refractivity contribution is 5.71. The highest BCUT2D eigenvalue weighted by Gasteiger charge is 2.19. The van der Waals surface area contributed by atoms with E-state index in [1.54, 1.807) is 0 Å². The number of hydrogen-bond donors (Lipinski definition) is 0. The first-order chi connectivity index (χ1) is 29.5. The van der Waals surface area contributed by atoms with Crippen molar-refractivity contribution in [3.63, 3.8) is 0 Å². The third-order valence-electron chi connectivity index (χ3n) is 10.5. The lowest BCUT2D eigenvalue weighted by atomic mass is 10.0. The van der Waals surface area contributed by atoms with Gasteiger partial charge in [0.25, 0.3) is 0 Å². The van der Waals surface area contributed by atoms with Crippen LogP contribution in [0.4, 0.5) is 0 Å². The van der Waals surface area contributed by atoms with Crippen molar-refractivity contribution in [3.05, 3.63) is 72.9 Å². The second-order valence-electron chi connectivity index (χ2n) is 16.3. The highest BCUT2D eigenvalue weighted by Crippen LogP contribution is 2.14. The van der Waals surface area contributed by atoms with Crippen molar-refractivity contribution in [3.8, 4) is 0 Å². The van der Waals surface area contributed by atoms with Gasteiger partial charge in [0, 0.05) is 19.3 Å². The Labute approximate surface area is 370 Å². The van der Waals surface area contributed by atoms with Crippen LogP contribution in [0.2, 0.25) is 0 Å². The fourth-order valence-corrected chi connectivity index (χ4v) is 6.72. The van der Waals surface area contributed by atoms with Crippen molar-refractivity contribution in [2.75, 3.05) is 13.2 Å². The molecule has 60 heavy (non-hydrogen) atoms. The molecule has 0 aliphatic rings. The smallest absolute Gasteiger partial charge is 0.306 e. The average Bonchev–Trinajstić information content (AvgIpc) is 3.24. The molecule has 0 aromatic rings. The number of carbonyl (C=O) groups excluding carboxylic acids is 3. The predicted octanol–water partition coefficient (Wildman–Crippen LogP) is 16.3. The molecule has 0 heterocycles. The number of allylic oxidation sites excluding steroid dienone is 12. The summed E-state index contributed by atoms with van der Waals surface area (Å²) in [6.07, 6.45) is 60.8. The van der Waals surface area contributed by atoms with Crippen LogP contribution in [0.3, 0.4) is 0 Å². The minimum atomic E-state index is -0.809. The Bertz CT molecular complexity index is 1140. The number of rotatable bonds is 44. The van der Waals surface area contributed by atoms with Gasteiger partial charge in [-0.1, -0.05) is 209 Å². The van der Waals surface area contributed by atoms with Crippen molar-refractivity contribution in [2.24, 2.45) is 0 Å². The first-order valence-electron chi connectivity index (χ1n) is 24.9. The lowest BCUT2D eigenvalue weighted by molar-refractivity contribution is -0.166. The van der Waals surface area contributed by atoms with E-state index in [9.17, 15) is 14.4 Å². The van der Waals surface area contributed by atoms with Gasteiger partial charge in [-0.2, -0.15) is 0 Å². The molecule has 0 rings (SSSR count). The normalized spacial score (nSPS) is 12.7.